The second-order valence-corrected chi connectivity index (χ2v) is 7.54. The first-order chi connectivity index (χ1) is 10.5. The molecule has 0 N–H and O–H groups in total. The van der Waals surface area contributed by atoms with Crippen molar-refractivity contribution in [2.75, 3.05) is 13.7 Å². The van der Waals surface area contributed by atoms with E-state index in [-0.39, 0.29) is 16.9 Å². The first-order valence-electron chi connectivity index (χ1n) is 6.76. The van der Waals surface area contributed by atoms with Gasteiger partial charge < -0.3 is 9.15 Å². The van der Waals surface area contributed by atoms with Crippen molar-refractivity contribution in [1.29, 1.82) is 0 Å². The van der Waals surface area contributed by atoms with E-state index in [4.69, 9.17) is 4.42 Å². The van der Waals surface area contributed by atoms with Gasteiger partial charge in [0.2, 0.25) is 10.9 Å². The van der Waals surface area contributed by atoms with Gasteiger partial charge in [0.15, 0.2) is 0 Å². The fraction of sp³-hybridized carbons (Fsp3) is 0.357. The Balaban J connectivity index is 1.92. The molecule has 0 aliphatic carbocycles. The summed E-state index contributed by atoms with van der Waals surface area (Å²) < 4.78 is 36.6. The Morgan fingerprint density at radius 2 is 2.23 bits per heavy atom. The summed E-state index contributed by atoms with van der Waals surface area (Å²) in [5.74, 6) is -0.815. The van der Waals surface area contributed by atoms with Crippen molar-refractivity contribution >= 4 is 27.3 Å². The largest absolute Gasteiger partial charge is 0.463 e. The maximum atomic E-state index is 12.7. The highest BCUT2D eigenvalue weighted by atomic mass is 32.2. The van der Waals surface area contributed by atoms with Gasteiger partial charge in [0, 0.05) is 6.54 Å². The highest BCUT2D eigenvalue weighted by Gasteiger charge is 2.38. The molecule has 6 nitrogen and oxygen atoms in total. The van der Waals surface area contributed by atoms with Gasteiger partial charge in [0.25, 0.3) is 10.0 Å². The maximum absolute atomic E-state index is 12.7. The molecule has 118 valence electrons. The number of esters is 1. The van der Waals surface area contributed by atoms with Crippen molar-refractivity contribution in [2.24, 2.45) is 0 Å². The quantitative estimate of drug-likeness (QED) is 0.799. The number of ether oxygens (including phenoxy) is 1. The van der Waals surface area contributed by atoms with Crippen LogP contribution in [-0.4, -0.2) is 32.3 Å². The zero-order valence-corrected chi connectivity index (χ0v) is 13.5. The number of hydrogen-bond donors (Lipinski definition) is 0. The van der Waals surface area contributed by atoms with E-state index in [1.165, 1.54) is 34.9 Å². The maximum Gasteiger partial charge on any atom is 0.374 e. The molecule has 8 heteroatoms. The SMILES string of the molecule is COC(=O)c1ccc(S(=O)(=O)N2CCC[C@@H]2c2ccsc2)o1. The predicted octanol–water partition coefficient (Wildman–Crippen LogP) is 2.65. The first-order valence-corrected chi connectivity index (χ1v) is 9.14. The number of furan rings is 1. The van der Waals surface area contributed by atoms with E-state index in [1.54, 1.807) is 0 Å². The lowest BCUT2D eigenvalue weighted by molar-refractivity contribution is 0.0558. The third-order valence-corrected chi connectivity index (χ3v) is 6.15. The van der Waals surface area contributed by atoms with Crippen molar-refractivity contribution in [3.8, 4) is 0 Å². The molecule has 2 aromatic rings. The van der Waals surface area contributed by atoms with Crippen LogP contribution in [0.25, 0.3) is 0 Å². The Kier molecular flexibility index (Phi) is 4.07. The van der Waals surface area contributed by atoms with Crippen LogP contribution in [0.1, 0.15) is 35.0 Å². The summed E-state index contributed by atoms with van der Waals surface area (Å²) >= 11 is 1.54. The van der Waals surface area contributed by atoms with Crippen LogP contribution in [0.15, 0.2) is 38.5 Å². The summed E-state index contributed by atoms with van der Waals surface area (Å²) in [5, 5.41) is 3.66. The normalized spacial score (nSPS) is 19.4. The first kappa shape index (κ1) is 15.3. The fourth-order valence-corrected chi connectivity index (χ4v) is 4.92. The van der Waals surface area contributed by atoms with Crippen LogP contribution in [0.4, 0.5) is 0 Å². The second-order valence-electron chi connectivity index (χ2n) is 4.94. The van der Waals surface area contributed by atoms with Crippen molar-refractivity contribution < 1.29 is 22.4 Å². The zero-order valence-electron chi connectivity index (χ0n) is 11.9. The van der Waals surface area contributed by atoms with Gasteiger partial charge in [-0.15, -0.1) is 0 Å². The lowest BCUT2D eigenvalue weighted by atomic mass is 10.1. The van der Waals surface area contributed by atoms with Crippen LogP contribution in [-0.2, 0) is 14.8 Å². The minimum Gasteiger partial charge on any atom is -0.463 e. The van der Waals surface area contributed by atoms with Gasteiger partial charge >= 0.3 is 5.97 Å². The molecule has 0 aromatic carbocycles. The molecular weight excluding hydrogens is 326 g/mol. The van der Waals surface area contributed by atoms with E-state index < -0.39 is 16.0 Å². The monoisotopic (exact) mass is 341 g/mol. The van der Waals surface area contributed by atoms with Gasteiger partial charge in [0.05, 0.1) is 13.2 Å². The van der Waals surface area contributed by atoms with Gasteiger partial charge in [-0.25, -0.2) is 13.2 Å². The smallest absolute Gasteiger partial charge is 0.374 e. The predicted molar refractivity (Wildman–Crippen MR) is 80.2 cm³/mol. The lowest BCUT2D eigenvalue weighted by Gasteiger charge is -2.22. The molecule has 0 bridgehead atoms. The molecule has 1 atom stereocenters. The molecule has 1 saturated heterocycles. The van der Waals surface area contributed by atoms with E-state index in [0.29, 0.717) is 6.54 Å². The average molecular weight is 341 g/mol. The van der Waals surface area contributed by atoms with Crippen LogP contribution in [0, 0.1) is 0 Å². The number of carbonyl (C=O) groups excluding carboxylic acids is 1. The van der Waals surface area contributed by atoms with Gasteiger partial charge in [-0.3, -0.25) is 0 Å². The third-order valence-electron chi connectivity index (χ3n) is 3.66. The molecular formula is C14H15NO5S2. The van der Waals surface area contributed by atoms with E-state index in [2.05, 4.69) is 4.74 Å². The van der Waals surface area contributed by atoms with Gasteiger partial charge in [-0.05, 0) is 47.4 Å². The molecule has 1 aliphatic rings. The molecule has 1 aliphatic heterocycles. The summed E-state index contributed by atoms with van der Waals surface area (Å²) in [6.45, 7) is 0.442. The average Bonchev–Trinajstić information content (AvgIpc) is 3.25. The molecule has 0 radical (unpaired) electrons. The highest BCUT2D eigenvalue weighted by molar-refractivity contribution is 7.89. The Bertz CT molecular complexity index is 763. The molecule has 3 heterocycles. The Morgan fingerprint density at radius 1 is 1.41 bits per heavy atom. The number of nitrogens with zero attached hydrogens (tertiary/aromatic N) is 1. The second kappa shape index (κ2) is 5.86. The Labute approximate surface area is 132 Å². The standard InChI is InChI=1S/C14H15NO5S2/c1-19-14(16)12-4-5-13(20-12)22(17,18)15-7-2-3-11(15)10-6-8-21-9-10/h4-6,8-9,11H,2-3,7H2,1H3/t11-/m1/s1. The molecule has 0 spiro atoms. The number of carbonyl (C=O) groups is 1. The van der Waals surface area contributed by atoms with Crippen molar-refractivity contribution in [3.63, 3.8) is 0 Å². The number of rotatable bonds is 4. The zero-order chi connectivity index (χ0) is 15.7. The molecule has 1 fully saturated rings. The minimum absolute atomic E-state index is 0.118. The van der Waals surface area contributed by atoms with Gasteiger partial charge in [-0.1, -0.05) is 0 Å². The molecule has 2 aromatic heterocycles. The molecule has 0 saturated carbocycles. The summed E-state index contributed by atoms with van der Waals surface area (Å²) in [6.07, 6.45) is 1.57. The van der Waals surface area contributed by atoms with Crippen LogP contribution in [0.2, 0.25) is 0 Å². The minimum atomic E-state index is -3.77. The molecule has 22 heavy (non-hydrogen) atoms. The van der Waals surface area contributed by atoms with E-state index in [0.717, 1.165) is 18.4 Å². The Hall–Kier alpha value is -1.64. The van der Waals surface area contributed by atoms with Gasteiger partial charge in [-0.2, -0.15) is 15.6 Å². The van der Waals surface area contributed by atoms with Crippen molar-refractivity contribution in [2.45, 2.75) is 24.0 Å². The summed E-state index contributed by atoms with van der Waals surface area (Å²) in [6, 6.07) is 4.37. The fourth-order valence-electron chi connectivity index (χ4n) is 2.61. The van der Waals surface area contributed by atoms with E-state index >= 15 is 0 Å². The number of thiophene rings is 1. The van der Waals surface area contributed by atoms with Crippen LogP contribution >= 0.6 is 11.3 Å². The summed E-state index contributed by atoms with van der Waals surface area (Å²) in [5.41, 5.74) is 0.992. The topological polar surface area (TPSA) is 76.8 Å². The molecule has 0 unspecified atom stereocenters. The van der Waals surface area contributed by atoms with E-state index in [9.17, 15) is 13.2 Å². The number of methoxy groups -OCH3 is 1. The van der Waals surface area contributed by atoms with Crippen molar-refractivity contribution in [3.05, 3.63) is 40.3 Å². The summed E-state index contributed by atoms with van der Waals surface area (Å²) in [7, 11) is -2.56. The van der Waals surface area contributed by atoms with Crippen molar-refractivity contribution in [1.82, 2.24) is 4.31 Å². The van der Waals surface area contributed by atoms with Crippen LogP contribution in [0.5, 0.6) is 0 Å². The highest BCUT2D eigenvalue weighted by Crippen LogP contribution is 2.37. The molecule has 3 rings (SSSR count). The summed E-state index contributed by atoms with van der Waals surface area (Å²) in [4.78, 5) is 11.4. The van der Waals surface area contributed by atoms with E-state index in [1.807, 2.05) is 16.8 Å². The number of hydrogen-bond acceptors (Lipinski definition) is 6. The third kappa shape index (κ3) is 2.57. The Morgan fingerprint density at radius 3 is 2.91 bits per heavy atom. The molecule has 0 amide bonds. The number of sulfonamides is 1. The van der Waals surface area contributed by atoms with Crippen LogP contribution in [0.3, 0.4) is 0 Å². The van der Waals surface area contributed by atoms with Gasteiger partial charge in [0.1, 0.15) is 0 Å². The van der Waals surface area contributed by atoms with Crippen LogP contribution < -0.4 is 0 Å². The lowest BCUT2D eigenvalue weighted by Crippen LogP contribution is -2.30.